The van der Waals surface area contributed by atoms with Crippen molar-refractivity contribution >= 4 is 40.5 Å². The number of halogens is 3. The highest BCUT2D eigenvalue weighted by molar-refractivity contribution is 6.41. The Morgan fingerprint density at radius 2 is 1.81 bits per heavy atom. The fourth-order valence-corrected chi connectivity index (χ4v) is 2.25. The Morgan fingerprint density at radius 3 is 2.38 bits per heavy atom. The van der Waals surface area contributed by atoms with Gasteiger partial charge >= 0.3 is 0 Å². The summed E-state index contributed by atoms with van der Waals surface area (Å²) in [4.78, 5) is 0. The minimum absolute atomic E-state index is 0.501. The summed E-state index contributed by atoms with van der Waals surface area (Å²) >= 11 is 17.9. The largest absolute Gasteiger partial charge is 0.472 e. The molecule has 2 aromatic rings. The molecule has 16 heavy (non-hydrogen) atoms. The van der Waals surface area contributed by atoms with E-state index in [4.69, 9.17) is 39.2 Å². The molecule has 0 spiro atoms. The van der Waals surface area contributed by atoms with Gasteiger partial charge in [-0.2, -0.15) is 0 Å². The van der Waals surface area contributed by atoms with Gasteiger partial charge in [-0.15, -0.1) is 0 Å². The SMILES string of the molecule is Clc1cc(Cl)c(NCc2ccoc2)c(Cl)c1. The number of hydrogen-bond donors (Lipinski definition) is 1. The quantitative estimate of drug-likeness (QED) is 0.866. The topological polar surface area (TPSA) is 25.2 Å². The van der Waals surface area contributed by atoms with Crippen molar-refractivity contribution in [1.29, 1.82) is 0 Å². The predicted molar refractivity (Wildman–Crippen MR) is 67.5 cm³/mol. The highest BCUT2D eigenvalue weighted by Gasteiger charge is 2.07. The Balaban J connectivity index is 2.15. The molecule has 0 fully saturated rings. The molecule has 1 N–H and O–H groups in total. The summed E-state index contributed by atoms with van der Waals surface area (Å²) < 4.78 is 4.96. The zero-order valence-electron chi connectivity index (χ0n) is 8.14. The number of rotatable bonds is 3. The van der Waals surface area contributed by atoms with Crippen LogP contribution in [0.2, 0.25) is 15.1 Å². The molecule has 0 saturated carbocycles. The molecule has 0 radical (unpaired) electrons. The first-order valence-electron chi connectivity index (χ1n) is 4.56. The van der Waals surface area contributed by atoms with Crippen molar-refractivity contribution in [3.63, 3.8) is 0 Å². The zero-order valence-corrected chi connectivity index (χ0v) is 10.4. The molecule has 2 rings (SSSR count). The average Bonchev–Trinajstić information content (AvgIpc) is 2.68. The summed E-state index contributed by atoms with van der Waals surface area (Å²) in [7, 11) is 0. The molecule has 84 valence electrons. The van der Waals surface area contributed by atoms with Crippen LogP contribution in [-0.4, -0.2) is 0 Å². The van der Waals surface area contributed by atoms with Crippen LogP contribution in [0.15, 0.2) is 35.1 Å². The van der Waals surface area contributed by atoms with Crippen molar-refractivity contribution in [3.05, 3.63) is 51.4 Å². The van der Waals surface area contributed by atoms with Gasteiger partial charge in [-0.3, -0.25) is 0 Å². The number of furan rings is 1. The molecule has 0 atom stereocenters. The summed E-state index contributed by atoms with van der Waals surface area (Å²) in [6, 6.07) is 5.16. The molecule has 0 amide bonds. The molecule has 0 saturated heterocycles. The Bertz CT molecular complexity index is 459. The summed E-state index contributed by atoms with van der Waals surface area (Å²) in [6.45, 7) is 0.595. The second kappa shape index (κ2) is 5.00. The third-order valence-electron chi connectivity index (χ3n) is 2.06. The number of nitrogens with one attached hydrogen (secondary N) is 1. The summed E-state index contributed by atoms with van der Waals surface area (Å²) in [5, 5.41) is 4.65. The maximum absolute atomic E-state index is 6.02. The summed E-state index contributed by atoms with van der Waals surface area (Å²) in [5.74, 6) is 0. The normalized spacial score (nSPS) is 10.4. The second-order valence-electron chi connectivity index (χ2n) is 3.23. The van der Waals surface area contributed by atoms with E-state index in [0.29, 0.717) is 27.3 Å². The number of hydrogen-bond acceptors (Lipinski definition) is 2. The maximum atomic E-state index is 6.02. The molecule has 1 aromatic carbocycles. The minimum Gasteiger partial charge on any atom is -0.472 e. The standard InChI is InChI=1S/C11H8Cl3NO/c12-8-3-9(13)11(10(14)4-8)15-5-7-1-2-16-6-7/h1-4,6,15H,5H2. The van der Waals surface area contributed by atoms with Crippen molar-refractivity contribution in [2.45, 2.75) is 6.54 Å². The molecule has 2 nitrogen and oxygen atoms in total. The third kappa shape index (κ3) is 2.64. The van der Waals surface area contributed by atoms with E-state index in [0.717, 1.165) is 5.56 Å². The lowest BCUT2D eigenvalue weighted by atomic mass is 10.3. The van der Waals surface area contributed by atoms with Gasteiger partial charge in [0, 0.05) is 17.1 Å². The van der Waals surface area contributed by atoms with Gasteiger partial charge in [0.2, 0.25) is 0 Å². The van der Waals surface area contributed by atoms with Crippen molar-refractivity contribution in [2.75, 3.05) is 5.32 Å². The van der Waals surface area contributed by atoms with Crippen molar-refractivity contribution < 1.29 is 4.42 Å². The van der Waals surface area contributed by atoms with E-state index in [1.54, 1.807) is 24.7 Å². The van der Waals surface area contributed by atoms with E-state index in [9.17, 15) is 0 Å². The van der Waals surface area contributed by atoms with Crippen molar-refractivity contribution in [1.82, 2.24) is 0 Å². The van der Waals surface area contributed by atoms with Crippen molar-refractivity contribution in [2.24, 2.45) is 0 Å². The van der Waals surface area contributed by atoms with E-state index in [1.165, 1.54) is 0 Å². The monoisotopic (exact) mass is 275 g/mol. The highest BCUT2D eigenvalue weighted by atomic mass is 35.5. The van der Waals surface area contributed by atoms with E-state index in [-0.39, 0.29) is 0 Å². The van der Waals surface area contributed by atoms with Gasteiger partial charge in [-0.1, -0.05) is 34.8 Å². The molecule has 0 unspecified atom stereocenters. The van der Waals surface area contributed by atoms with Crippen LogP contribution in [0.5, 0.6) is 0 Å². The number of benzene rings is 1. The first-order chi connectivity index (χ1) is 7.66. The Kier molecular flexibility index (Phi) is 3.64. The van der Waals surface area contributed by atoms with Crippen LogP contribution in [0.3, 0.4) is 0 Å². The van der Waals surface area contributed by atoms with Crippen LogP contribution in [0.4, 0.5) is 5.69 Å². The highest BCUT2D eigenvalue weighted by Crippen LogP contribution is 2.33. The smallest absolute Gasteiger partial charge is 0.0952 e. The summed E-state index contributed by atoms with van der Waals surface area (Å²) in [5.41, 5.74) is 1.69. The molecule has 0 aliphatic heterocycles. The lowest BCUT2D eigenvalue weighted by Crippen LogP contribution is -1.99. The van der Waals surface area contributed by atoms with E-state index < -0.39 is 0 Å². The average molecular weight is 277 g/mol. The first kappa shape index (κ1) is 11.6. The van der Waals surface area contributed by atoms with Gasteiger partial charge in [-0.05, 0) is 18.2 Å². The molecule has 5 heteroatoms. The molecular weight excluding hydrogens is 268 g/mol. The predicted octanol–water partition coefficient (Wildman–Crippen LogP) is 4.85. The van der Waals surface area contributed by atoms with E-state index in [1.807, 2.05) is 6.07 Å². The minimum atomic E-state index is 0.501. The van der Waals surface area contributed by atoms with Crippen LogP contribution in [0.1, 0.15) is 5.56 Å². The van der Waals surface area contributed by atoms with E-state index in [2.05, 4.69) is 5.32 Å². The van der Waals surface area contributed by atoms with Gasteiger partial charge in [0.1, 0.15) is 0 Å². The third-order valence-corrected chi connectivity index (χ3v) is 2.87. The molecule has 0 aliphatic rings. The van der Waals surface area contributed by atoms with Gasteiger partial charge in [0.25, 0.3) is 0 Å². The molecule has 0 bridgehead atoms. The lowest BCUT2D eigenvalue weighted by molar-refractivity contribution is 0.564. The van der Waals surface area contributed by atoms with Gasteiger partial charge in [0.05, 0.1) is 28.3 Å². The van der Waals surface area contributed by atoms with Crippen molar-refractivity contribution in [3.8, 4) is 0 Å². The summed E-state index contributed by atoms with van der Waals surface area (Å²) in [6.07, 6.45) is 3.27. The van der Waals surface area contributed by atoms with Gasteiger partial charge in [0.15, 0.2) is 0 Å². The second-order valence-corrected chi connectivity index (χ2v) is 4.48. The fourth-order valence-electron chi connectivity index (χ4n) is 1.29. The van der Waals surface area contributed by atoms with Crippen LogP contribution in [0.25, 0.3) is 0 Å². The van der Waals surface area contributed by atoms with Crippen LogP contribution < -0.4 is 5.32 Å². The zero-order chi connectivity index (χ0) is 11.5. The Morgan fingerprint density at radius 1 is 1.12 bits per heavy atom. The van der Waals surface area contributed by atoms with Gasteiger partial charge in [-0.25, -0.2) is 0 Å². The molecular formula is C11H8Cl3NO. The maximum Gasteiger partial charge on any atom is 0.0952 e. The Labute approximate surface area is 108 Å². The van der Waals surface area contributed by atoms with Crippen LogP contribution in [0, 0.1) is 0 Å². The van der Waals surface area contributed by atoms with Crippen LogP contribution >= 0.6 is 34.8 Å². The Hall–Kier alpha value is -0.830. The molecule has 0 aliphatic carbocycles. The molecule has 1 aromatic heterocycles. The van der Waals surface area contributed by atoms with Gasteiger partial charge < -0.3 is 9.73 Å². The lowest BCUT2D eigenvalue weighted by Gasteiger charge is -2.09. The first-order valence-corrected chi connectivity index (χ1v) is 5.69. The number of anilines is 1. The molecule has 1 heterocycles. The fraction of sp³-hybridized carbons (Fsp3) is 0.0909. The van der Waals surface area contributed by atoms with E-state index >= 15 is 0 Å². The van der Waals surface area contributed by atoms with Crippen LogP contribution in [-0.2, 0) is 6.54 Å².